The number of phenols is 1. The Kier molecular flexibility index (Phi) is 8.40. The molecule has 0 radical (unpaired) electrons. The van der Waals surface area contributed by atoms with Crippen molar-refractivity contribution >= 4 is 17.4 Å². The van der Waals surface area contributed by atoms with E-state index >= 15 is 0 Å². The number of benzene rings is 2. The molecule has 1 unspecified atom stereocenters. The van der Waals surface area contributed by atoms with E-state index < -0.39 is 17.7 Å². The van der Waals surface area contributed by atoms with Gasteiger partial charge < -0.3 is 29.5 Å². The van der Waals surface area contributed by atoms with Gasteiger partial charge >= 0.3 is 0 Å². The number of likely N-dealkylation sites (tertiary alicyclic amines) is 1. The van der Waals surface area contributed by atoms with Crippen molar-refractivity contribution in [3.05, 3.63) is 59.2 Å². The number of rotatable bonds is 10. The highest BCUT2D eigenvalue weighted by molar-refractivity contribution is 6.46. The third-order valence-corrected chi connectivity index (χ3v) is 5.64. The van der Waals surface area contributed by atoms with E-state index in [-0.39, 0.29) is 28.9 Å². The third-order valence-electron chi connectivity index (χ3n) is 5.64. The van der Waals surface area contributed by atoms with Crippen molar-refractivity contribution in [1.82, 2.24) is 9.80 Å². The molecule has 3 rings (SSSR count). The minimum Gasteiger partial charge on any atom is -0.507 e. The first-order chi connectivity index (χ1) is 16.6. The topological polar surface area (TPSA) is 99.5 Å². The number of phenolic OH excluding ortho intramolecular Hbond substituents is 1. The van der Waals surface area contributed by atoms with Gasteiger partial charge in [-0.3, -0.25) is 9.59 Å². The Hall–Kier alpha value is -3.52. The van der Waals surface area contributed by atoms with Crippen LogP contribution >= 0.6 is 0 Å². The summed E-state index contributed by atoms with van der Waals surface area (Å²) in [6.45, 7) is 7.03. The molecule has 0 spiro atoms. The van der Waals surface area contributed by atoms with Crippen molar-refractivity contribution in [3.8, 4) is 17.2 Å². The molecule has 1 amide bonds. The minimum atomic E-state index is -0.816. The summed E-state index contributed by atoms with van der Waals surface area (Å²) in [7, 11) is 3.87. The van der Waals surface area contributed by atoms with Crippen molar-refractivity contribution in [1.29, 1.82) is 0 Å². The van der Waals surface area contributed by atoms with Gasteiger partial charge in [-0.2, -0.15) is 0 Å². The molecule has 1 heterocycles. The predicted molar refractivity (Wildman–Crippen MR) is 134 cm³/mol. The van der Waals surface area contributed by atoms with Gasteiger partial charge in [0.25, 0.3) is 11.7 Å². The monoisotopic (exact) mass is 482 g/mol. The van der Waals surface area contributed by atoms with Gasteiger partial charge in [-0.15, -0.1) is 0 Å². The summed E-state index contributed by atoms with van der Waals surface area (Å²) in [5.41, 5.74) is 0.975. The molecule has 8 heteroatoms. The van der Waals surface area contributed by atoms with E-state index in [0.29, 0.717) is 36.4 Å². The van der Waals surface area contributed by atoms with Crippen LogP contribution in [0.3, 0.4) is 0 Å². The van der Waals surface area contributed by atoms with E-state index in [4.69, 9.17) is 9.47 Å². The summed E-state index contributed by atoms with van der Waals surface area (Å²) in [6.07, 6.45) is 0.643. The number of ether oxygens (including phenoxy) is 2. The van der Waals surface area contributed by atoms with Crippen molar-refractivity contribution in [2.24, 2.45) is 0 Å². The van der Waals surface area contributed by atoms with Gasteiger partial charge in [-0.1, -0.05) is 6.07 Å². The van der Waals surface area contributed by atoms with Crippen LogP contribution in [-0.2, 0) is 9.59 Å². The van der Waals surface area contributed by atoms with E-state index in [1.54, 1.807) is 43.3 Å². The zero-order valence-corrected chi connectivity index (χ0v) is 20.9. The molecule has 0 aromatic heterocycles. The Bertz CT molecular complexity index is 1090. The van der Waals surface area contributed by atoms with Crippen LogP contribution in [0, 0.1) is 0 Å². The van der Waals surface area contributed by atoms with Crippen LogP contribution in [0.5, 0.6) is 17.2 Å². The molecule has 2 aromatic carbocycles. The number of Topliss-reactive ketones (excluding diaryl/α,β-unsaturated/α-hetero) is 1. The van der Waals surface area contributed by atoms with Gasteiger partial charge in [0.05, 0.1) is 24.3 Å². The number of hydrogen-bond acceptors (Lipinski definition) is 7. The summed E-state index contributed by atoms with van der Waals surface area (Å²) in [4.78, 5) is 29.7. The summed E-state index contributed by atoms with van der Waals surface area (Å²) in [6, 6.07) is 10.6. The Morgan fingerprint density at radius 1 is 1.11 bits per heavy atom. The molecule has 2 aromatic rings. The van der Waals surface area contributed by atoms with E-state index in [9.17, 15) is 19.8 Å². The maximum absolute atomic E-state index is 13.2. The zero-order valence-electron chi connectivity index (χ0n) is 20.9. The predicted octanol–water partition coefficient (Wildman–Crippen LogP) is 3.95. The number of aliphatic hydroxyl groups excluding tert-OH is 1. The highest BCUT2D eigenvalue weighted by Gasteiger charge is 2.46. The number of hydrogen-bond donors (Lipinski definition) is 2. The van der Waals surface area contributed by atoms with Crippen LogP contribution in [-0.4, -0.2) is 71.6 Å². The first-order valence-corrected chi connectivity index (χ1v) is 11.8. The molecule has 35 heavy (non-hydrogen) atoms. The lowest BCUT2D eigenvalue weighted by Crippen LogP contribution is -2.32. The SMILES string of the molecule is CCOc1cc(C2C(=C(O)c3ccc(OC(C)C)cc3)C(=O)C(=O)N2CCCN(C)C)ccc1O. The van der Waals surface area contributed by atoms with Gasteiger partial charge in [-0.05, 0) is 89.8 Å². The molecule has 188 valence electrons. The molecule has 2 N–H and O–H groups in total. The van der Waals surface area contributed by atoms with Crippen LogP contribution < -0.4 is 9.47 Å². The summed E-state index contributed by atoms with van der Waals surface area (Å²) < 4.78 is 11.2. The number of carbonyl (C=O) groups is 2. The molecule has 8 nitrogen and oxygen atoms in total. The zero-order chi connectivity index (χ0) is 25.7. The van der Waals surface area contributed by atoms with Gasteiger partial charge in [-0.25, -0.2) is 0 Å². The number of aliphatic hydroxyl groups is 1. The highest BCUT2D eigenvalue weighted by Crippen LogP contribution is 2.42. The maximum atomic E-state index is 13.2. The molecule has 0 saturated carbocycles. The van der Waals surface area contributed by atoms with E-state index in [0.717, 1.165) is 6.54 Å². The fourth-order valence-corrected chi connectivity index (χ4v) is 4.11. The van der Waals surface area contributed by atoms with Crippen molar-refractivity contribution in [2.45, 2.75) is 39.3 Å². The summed E-state index contributed by atoms with van der Waals surface area (Å²) in [5.74, 6) is -0.824. The van der Waals surface area contributed by atoms with Crippen LogP contribution in [0.15, 0.2) is 48.0 Å². The molecule has 1 saturated heterocycles. The largest absolute Gasteiger partial charge is 0.507 e. The minimum absolute atomic E-state index is 0.00373. The molecule has 0 bridgehead atoms. The average molecular weight is 483 g/mol. The fraction of sp³-hybridized carbons (Fsp3) is 0.407. The van der Waals surface area contributed by atoms with Gasteiger partial charge in [0.2, 0.25) is 0 Å². The highest BCUT2D eigenvalue weighted by atomic mass is 16.5. The third kappa shape index (κ3) is 5.95. The van der Waals surface area contributed by atoms with E-state index in [2.05, 4.69) is 0 Å². The first-order valence-electron chi connectivity index (χ1n) is 11.8. The van der Waals surface area contributed by atoms with Crippen LogP contribution in [0.1, 0.15) is 44.4 Å². The normalized spacial score (nSPS) is 17.5. The first kappa shape index (κ1) is 26.1. The number of ketones is 1. The van der Waals surface area contributed by atoms with Gasteiger partial charge in [0.15, 0.2) is 11.5 Å². The van der Waals surface area contributed by atoms with Crippen molar-refractivity contribution < 1.29 is 29.3 Å². The second-order valence-corrected chi connectivity index (χ2v) is 9.00. The smallest absolute Gasteiger partial charge is 0.295 e. The molecule has 0 aliphatic carbocycles. The lowest BCUT2D eigenvalue weighted by atomic mass is 9.95. The number of carbonyl (C=O) groups excluding carboxylic acids is 2. The van der Waals surface area contributed by atoms with Gasteiger partial charge in [0, 0.05) is 12.1 Å². The summed E-state index contributed by atoms with van der Waals surface area (Å²) >= 11 is 0. The molecular weight excluding hydrogens is 448 g/mol. The lowest BCUT2D eigenvalue weighted by molar-refractivity contribution is -0.139. The summed E-state index contributed by atoms with van der Waals surface area (Å²) in [5, 5.41) is 21.4. The Morgan fingerprint density at radius 2 is 1.80 bits per heavy atom. The van der Waals surface area contributed by atoms with Crippen LogP contribution in [0.4, 0.5) is 0 Å². The Labute approximate surface area is 206 Å². The van der Waals surface area contributed by atoms with Crippen molar-refractivity contribution in [2.75, 3.05) is 33.8 Å². The molecule has 1 fully saturated rings. The standard InChI is InChI=1S/C27H34N2O6/c1-6-34-22-16-19(10-13-21(22)30)24-23(26(32)27(33)29(24)15-7-14-28(4)5)25(31)18-8-11-20(12-9-18)35-17(2)3/h8-13,16-17,24,30-31H,6-7,14-15H2,1-5H3. The van der Waals surface area contributed by atoms with E-state index in [1.807, 2.05) is 32.8 Å². The van der Waals surface area contributed by atoms with Crippen LogP contribution in [0.2, 0.25) is 0 Å². The lowest BCUT2D eigenvalue weighted by Gasteiger charge is -2.26. The fourth-order valence-electron chi connectivity index (χ4n) is 4.11. The molecular formula is C27H34N2O6. The van der Waals surface area contributed by atoms with Gasteiger partial charge in [0.1, 0.15) is 11.5 Å². The molecule has 1 aliphatic heterocycles. The number of amides is 1. The average Bonchev–Trinajstić information content (AvgIpc) is 3.05. The second-order valence-electron chi connectivity index (χ2n) is 9.00. The maximum Gasteiger partial charge on any atom is 0.295 e. The molecule has 1 atom stereocenters. The second kappa shape index (κ2) is 11.3. The number of nitrogens with zero attached hydrogens (tertiary/aromatic N) is 2. The Morgan fingerprint density at radius 3 is 2.40 bits per heavy atom. The quantitative estimate of drug-likeness (QED) is 0.300. The van der Waals surface area contributed by atoms with Crippen LogP contribution in [0.25, 0.3) is 5.76 Å². The van der Waals surface area contributed by atoms with Crippen molar-refractivity contribution in [3.63, 3.8) is 0 Å². The molecule has 1 aliphatic rings. The van der Waals surface area contributed by atoms with E-state index in [1.165, 1.54) is 11.0 Å². The number of aromatic hydroxyl groups is 1. The Balaban J connectivity index is 2.09.